The molecule has 0 aliphatic heterocycles. The van der Waals surface area contributed by atoms with Gasteiger partial charge >= 0.3 is 0 Å². The van der Waals surface area contributed by atoms with Gasteiger partial charge in [-0.25, -0.2) is 0 Å². The topological polar surface area (TPSA) is 26.0 Å². The van der Waals surface area contributed by atoms with E-state index in [2.05, 4.69) is 6.58 Å². The maximum Gasteiger partial charge on any atom is 0.0552 e. The number of halogens is 1. The maximum atomic E-state index is 5.74. The highest BCUT2D eigenvalue weighted by Crippen LogP contribution is 2.08. The molecule has 0 aromatic carbocycles. The number of nitrogens with two attached hydrogens (primary N) is 1. The number of hydrogen-bond acceptors (Lipinski definition) is 1. The smallest absolute Gasteiger partial charge is 0.0552 e. The fourth-order valence-electron chi connectivity index (χ4n) is 0.417. The SMILES string of the molecule is C=C(CN)C(Cl)CC. The summed E-state index contributed by atoms with van der Waals surface area (Å²) in [5, 5.41) is 0.0694. The molecule has 2 heteroatoms. The second kappa shape index (κ2) is 3.93. The van der Waals surface area contributed by atoms with Gasteiger partial charge in [0.05, 0.1) is 5.38 Å². The number of hydrogen-bond donors (Lipinski definition) is 1. The summed E-state index contributed by atoms with van der Waals surface area (Å²) >= 11 is 5.74. The summed E-state index contributed by atoms with van der Waals surface area (Å²) in [5.74, 6) is 0. The lowest BCUT2D eigenvalue weighted by molar-refractivity contribution is 0.887. The van der Waals surface area contributed by atoms with Crippen LogP contribution in [0.2, 0.25) is 0 Å². The zero-order valence-electron chi connectivity index (χ0n) is 5.15. The molecule has 0 aromatic rings. The van der Waals surface area contributed by atoms with E-state index in [4.69, 9.17) is 17.3 Å². The van der Waals surface area contributed by atoms with Crippen molar-refractivity contribution in [2.24, 2.45) is 5.73 Å². The lowest BCUT2D eigenvalue weighted by atomic mass is 10.2. The van der Waals surface area contributed by atoms with Crippen molar-refractivity contribution in [1.82, 2.24) is 0 Å². The van der Waals surface area contributed by atoms with Gasteiger partial charge in [0, 0.05) is 6.54 Å². The predicted molar refractivity (Wildman–Crippen MR) is 38.1 cm³/mol. The Hall–Kier alpha value is -0.0100. The molecule has 0 rings (SSSR count). The minimum absolute atomic E-state index is 0.0694. The van der Waals surface area contributed by atoms with Crippen LogP contribution in [0.1, 0.15) is 13.3 Å². The lowest BCUT2D eigenvalue weighted by Crippen LogP contribution is -2.10. The standard InChI is InChI=1S/C6H12ClN/c1-3-6(7)5(2)4-8/h6H,2-4,8H2,1H3. The van der Waals surface area contributed by atoms with Gasteiger partial charge in [0.2, 0.25) is 0 Å². The van der Waals surface area contributed by atoms with Crippen LogP contribution in [0.3, 0.4) is 0 Å². The first kappa shape index (κ1) is 7.99. The van der Waals surface area contributed by atoms with E-state index in [-0.39, 0.29) is 5.38 Å². The molecule has 2 N–H and O–H groups in total. The Morgan fingerprint density at radius 1 is 1.88 bits per heavy atom. The monoisotopic (exact) mass is 133 g/mol. The summed E-state index contributed by atoms with van der Waals surface area (Å²) < 4.78 is 0. The molecule has 0 saturated heterocycles. The molecule has 0 heterocycles. The van der Waals surface area contributed by atoms with Crippen molar-refractivity contribution in [2.75, 3.05) is 6.54 Å². The van der Waals surface area contributed by atoms with Gasteiger partial charge in [-0.3, -0.25) is 0 Å². The van der Waals surface area contributed by atoms with Crippen molar-refractivity contribution in [2.45, 2.75) is 18.7 Å². The van der Waals surface area contributed by atoms with E-state index in [1.54, 1.807) is 0 Å². The van der Waals surface area contributed by atoms with Crippen molar-refractivity contribution in [3.8, 4) is 0 Å². The van der Waals surface area contributed by atoms with E-state index in [0.29, 0.717) is 6.54 Å². The Morgan fingerprint density at radius 2 is 2.38 bits per heavy atom. The molecule has 0 fully saturated rings. The van der Waals surface area contributed by atoms with Crippen molar-refractivity contribution in [3.63, 3.8) is 0 Å². The van der Waals surface area contributed by atoms with E-state index >= 15 is 0 Å². The summed E-state index contributed by atoms with van der Waals surface area (Å²) in [6, 6.07) is 0. The summed E-state index contributed by atoms with van der Waals surface area (Å²) in [6.07, 6.45) is 0.914. The third-order valence-electron chi connectivity index (χ3n) is 1.06. The van der Waals surface area contributed by atoms with Gasteiger partial charge in [-0.2, -0.15) is 0 Å². The molecule has 0 aliphatic rings. The summed E-state index contributed by atoms with van der Waals surface area (Å²) in [6.45, 7) is 6.20. The first-order valence-corrected chi connectivity index (χ1v) is 3.17. The maximum absolute atomic E-state index is 5.74. The highest BCUT2D eigenvalue weighted by molar-refractivity contribution is 6.22. The molecular weight excluding hydrogens is 122 g/mol. The van der Waals surface area contributed by atoms with E-state index in [0.717, 1.165) is 12.0 Å². The molecule has 0 radical (unpaired) electrons. The van der Waals surface area contributed by atoms with Crippen molar-refractivity contribution < 1.29 is 0 Å². The fourth-order valence-corrected chi connectivity index (χ4v) is 0.506. The van der Waals surface area contributed by atoms with Crippen LogP contribution in [0.15, 0.2) is 12.2 Å². The van der Waals surface area contributed by atoms with Crippen LogP contribution in [0.25, 0.3) is 0 Å². The van der Waals surface area contributed by atoms with E-state index in [1.165, 1.54) is 0 Å². The molecule has 1 nitrogen and oxygen atoms in total. The first-order chi connectivity index (χ1) is 3.72. The quantitative estimate of drug-likeness (QED) is 0.459. The lowest BCUT2D eigenvalue weighted by Gasteiger charge is -2.05. The second-order valence-electron chi connectivity index (χ2n) is 1.74. The van der Waals surface area contributed by atoms with Crippen LogP contribution < -0.4 is 5.73 Å². The Bertz CT molecular complexity index is 80.6. The minimum atomic E-state index is 0.0694. The molecular formula is C6H12ClN. The van der Waals surface area contributed by atoms with Gasteiger partial charge in [-0.15, -0.1) is 11.6 Å². The second-order valence-corrected chi connectivity index (χ2v) is 2.26. The van der Waals surface area contributed by atoms with E-state index in [1.807, 2.05) is 6.92 Å². The molecule has 0 aliphatic carbocycles. The van der Waals surface area contributed by atoms with Gasteiger partial charge in [-0.1, -0.05) is 13.5 Å². The molecule has 1 unspecified atom stereocenters. The molecule has 0 spiro atoms. The highest BCUT2D eigenvalue weighted by atomic mass is 35.5. The molecule has 1 atom stereocenters. The Balaban J connectivity index is 3.46. The van der Waals surface area contributed by atoms with Crippen LogP contribution in [0.4, 0.5) is 0 Å². The Kier molecular flexibility index (Phi) is 3.92. The van der Waals surface area contributed by atoms with Crippen LogP contribution >= 0.6 is 11.6 Å². The van der Waals surface area contributed by atoms with Crippen molar-refractivity contribution in [1.29, 1.82) is 0 Å². The molecule has 0 aromatic heterocycles. The predicted octanol–water partition coefficient (Wildman–Crippen LogP) is 1.52. The van der Waals surface area contributed by atoms with Gasteiger partial charge in [-0.05, 0) is 12.0 Å². The average molecular weight is 134 g/mol. The Morgan fingerprint density at radius 3 is 2.50 bits per heavy atom. The third-order valence-corrected chi connectivity index (χ3v) is 1.68. The number of alkyl halides is 1. The van der Waals surface area contributed by atoms with E-state index < -0.39 is 0 Å². The molecule has 0 saturated carbocycles. The molecule has 0 amide bonds. The third kappa shape index (κ3) is 2.34. The van der Waals surface area contributed by atoms with Crippen LogP contribution in [0, 0.1) is 0 Å². The first-order valence-electron chi connectivity index (χ1n) is 2.74. The van der Waals surface area contributed by atoms with Gasteiger partial charge in [0.25, 0.3) is 0 Å². The van der Waals surface area contributed by atoms with Gasteiger partial charge in [0.1, 0.15) is 0 Å². The summed E-state index contributed by atoms with van der Waals surface area (Å²) in [7, 11) is 0. The molecule has 48 valence electrons. The highest BCUT2D eigenvalue weighted by Gasteiger charge is 2.01. The van der Waals surface area contributed by atoms with Gasteiger partial charge in [0.15, 0.2) is 0 Å². The average Bonchev–Trinajstić information content (AvgIpc) is 1.84. The van der Waals surface area contributed by atoms with Crippen LogP contribution in [0.5, 0.6) is 0 Å². The molecule has 8 heavy (non-hydrogen) atoms. The summed E-state index contributed by atoms with van der Waals surface area (Å²) in [4.78, 5) is 0. The van der Waals surface area contributed by atoms with Gasteiger partial charge < -0.3 is 5.73 Å². The zero-order chi connectivity index (χ0) is 6.57. The number of rotatable bonds is 3. The molecule has 0 bridgehead atoms. The van der Waals surface area contributed by atoms with Crippen molar-refractivity contribution in [3.05, 3.63) is 12.2 Å². The van der Waals surface area contributed by atoms with Crippen LogP contribution in [-0.4, -0.2) is 11.9 Å². The normalized spacial score (nSPS) is 13.4. The van der Waals surface area contributed by atoms with Crippen molar-refractivity contribution >= 4 is 11.6 Å². The fraction of sp³-hybridized carbons (Fsp3) is 0.667. The van der Waals surface area contributed by atoms with E-state index in [9.17, 15) is 0 Å². The Labute approximate surface area is 55.5 Å². The minimum Gasteiger partial charge on any atom is -0.327 e. The zero-order valence-corrected chi connectivity index (χ0v) is 5.91. The largest absolute Gasteiger partial charge is 0.327 e. The van der Waals surface area contributed by atoms with Crippen LogP contribution in [-0.2, 0) is 0 Å². The summed E-state index contributed by atoms with van der Waals surface area (Å²) in [5.41, 5.74) is 6.19.